The number of anilines is 1. The van der Waals surface area contributed by atoms with Gasteiger partial charge in [0.1, 0.15) is 0 Å². The molecule has 0 bridgehead atoms. The van der Waals surface area contributed by atoms with Gasteiger partial charge in [-0.15, -0.1) is 0 Å². The Hall–Kier alpha value is -1.60. The van der Waals surface area contributed by atoms with Gasteiger partial charge in [-0.2, -0.15) is 0 Å². The van der Waals surface area contributed by atoms with E-state index in [4.69, 9.17) is 0 Å². The molecule has 2 aliphatic rings. The molecule has 22 heavy (non-hydrogen) atoms. The largest absolute Gasteiger partial charge is 0.453 e. The average Bonchev–Trinajstić information content (AvgIpc) is 3.23. The van der Waals surface area contributed by atoms with E-state index in [2.05, 4.69) is 15.4 Å². The fourth-order valence-electron chi connectivity index (χ4n) is 2.83. The normalized spacial score (nSPS) is 21.6. The molecule has 1 amide bonds. The minimum absolute atomic E-state index is 0.0166. The third-order valence-electron chi connectivity index (χ3n) is 4.15. The first kappa shape index (κ1) is 15.3. The molecule has 2 N–H and O–H groups in total. The number of hydrogen-bond acceptors (Lipinski definition) is 5. The number of amides is 1. The number of carbonyl (C=O) groups is 1. The van der Waals surface area contributed by atoms with Crippen molar-refractivity contribution in [2.45, 2.75) is 41.9 Å². The van der Waals surface area contributed by atoms with Crippen LogP contribution in [0.4, 0.5) is 10.5 Å². The number of benzene rings is 1. The van der Waals surface area contributed by atoms with Crippen molar-refractivity contribution >= 4 is 21.6 Å². The van der Waals surface area contributed by atoms with Gasteiger partial charge in [-0.05, 0) is 56.0 Å². The van der Waals surface area contributed by atoms with Crippen molar-refractivity contribution in [2.24, 2.45) is 0 Å². The first-order valence-electron chi connectivity index (χ1n) is 7.48. The third kappa shape index (κ3) is 2.96. The molecule has 1 aliphatic carbocycles. The first-order chi connectivity index (χ1) is 10.5. The molecule has 1 saturated heterocycles. The fourth-order valence-corrected chi connectivity index (χ4v) is 4.74. The van der Waals surface area contributed by atoms with Gasteiger partial charge in [0.25, 0.3) is 0 Å². The molecule has 120 valence electrons. The van der Waals surface area contributed by atoms with Crippen LogP contribution >= 0.6 is 0 Å². The summed E-state index contributed by atoms with van der Waals surface area (Å²) < 4.78 is 29.8. The zero-order valence-corrected chi connectivity index (χ0v) is 13.3. The zero-order valence-electron chi connectivity index (χ0n) is 12.5. The summed E-state index contributed by atoms with van der Waals surface area (Å²) in [7, 11) is -1.98. The van der Waals surface area contributed by atoms with Gasteiger partial charge >= 0.3 is 6.09 Å². The van der Waals surface area contributed by atoms with Gasteiger partial charge in [-0.3, -0.25) is 5.32 Å². The maximum atomic E-state index is 12.6. The van der Waals surface area contributed by atoms with Crippen molar-refractivity contribution in [3.8, 4) is 0 Å². The molecule has 7 heteroatoms. The lowest BCUT2D eigenvalue weighted by atomic mass is 10.0. The standard InChI is InChI=1S/C15H20N2O4S/c1-21-15(18)17-10-4-7-14(22(19,20)11-5-6-11)12(9-10)13-3-2-8-16-13/h4,7,9,11,13,16H,2-3,5-6,8H2,1H3,(H,17,18). The van der Waals surface area contributed by atoms with Crippen LogP contribution < -0.4 is 10.6 Å². The summed E-state index contributed by atoms with van der Waals surface area (Å²) in [4.78, 5) is 11.7. The first-order valence-corrected chi connectivity index (χ1v) is 9.03. The van der Waals surface area contributed by atoms with Gasteiger partial charge in [0, 0.05) is 11.7 Å². The van der Waals surface area contributed by atoms with E-state index in [1.165, 1.54) is 7.11 Å². The number of sulfone groups is 1. The molecule has 0 aromatic heterocycles. The van der Waals surface area contributed by atoms with E-state index >= 15 is 0 Å². The monoisotopic (exact) mass is 324 g/mol. The van der Waals surface area contributed by atoms with Crippen LogP contribution in [0.25, 0.3) is 0 Å². The lowest BCUT2D eigenvalue weighted by molar-refractivity contribution is 0.187. The summed E-state index contributed by atoms with van der Waals surface area (Å²) in [5, 5.41) is 5.68. The van der Waals surface area contributed by atoms with Crippen LogP contribution in [0.3, 0.4) is 0 Å². The molecule has 2 fully saturated rings. The Morgan fingerprint density at radius 1 is 1.32 bits per heavy atom. The van der Waals surface area contributed by atoms with Crippen molar-refractivity contribution < 1.29 is 17.9 Å². The van der Waals surface area contributed by atoms with Crippen LogP contribution in [0.5, 0.6) is 0 Å². The molecule has 1 aliphatic heterocycles. The highest BCUT2D eigenvalue weighted by molar-refractivity contribution is 7.92. The molecule has 0 radical (unpaired) electrons. The van der Waals surface area contributed by atoms with Crippen LogP contribution in [-0.4, -0.2) is 33.4 Å². The van der Waals surface area contributed by atoms with E-state index in [1.54, 1.807) is 18.2 Å². The van der Waals surface area contributed by atoms with Crippen molar-refractivity contribution in [3.05, 3.63) is 23.8 Å². The quantitative estimate of drug-likeness (QED) is 0.887. The second kappa shape index (κ2) is 5.89. The lowest BCUT2D eigenvalue weighted by Crippen LogP contribution is -2.19. The van der Waals surface area contributed by atoms with Gasteiger partial charge in [-0.25, -0.2) is 13.2 Å². The third-order valence-corrected chi connectivity index (χ3v) is 6.48. The number of hydrogen-bond donors (Lipinski definition) is 2. The second-order valence-electron chi connectivity index (χ2n) is 5.76. The smallest absolute Gasteiger partial charge is 0.411 e. The Morgan fingerprint density at radius 2 is 2.09 bits per heavy atom. The van der Waals surface area contributed by atoms with E-state index in [9.17, 15) is 13.2 Å². The number of methoxy groups -OCH3 is 1. The summed E-state index contributed by atoms with van der Waals surface area (Å²) >= 11 is 0. The average molecular weight is 324 g/mol. The topological polar surface area (TPSA) is 84.5 Å². The summed E-state index contributed by atoms with van der Waals surface area (Å²) in [6.07, 6.45) is 2.82. The Labute approximate surface area is 130 Å². The van der Waals surface area contributed by atoms with E-state index in [-0.39, 0.29) is 11.3 Å². The molecule has 1 atom stereocenters. The van der Waals surface area contributed by atoms with Gasteiger partial charge in [-0.1, -0.05) is 0 Å². The maximum Gasteiger partial charge on any atom is 0.411 e. The SMILES string of the molecule is COC(=O)Nc1ccc(S(=O)(=O)C2CC2)c(C2CCCN2)c1. The minimum Gasteiger partial charge on any atom is -0.453 e. The summed E-state index contributed by atoms with van der Waals surface area (Å²) in [5.74, 6) is 0. The summed E-state index contributed by atoms with van der Waals surface area (Å²) in [5.41, 5.74) is 1.30. The van der Waals surface area contributed by atoms with Crippen LogP contribution in [0.2, 0.25) is 0 Å². The fraction of sp³-hybridized carbons (Fsp3) is 0.533. The molecular formula is C15H20N2O4S. The predicted molar refractivity (Wildman–Crippen MR) is 82.7 cm³/mol. The molecule has 1 saturated carbocycles. The summed E-state index contributed by atoms with van der Waals surface area (Å²) in [6.45, 7) is 0.877. The molecule has 1 unspecified atom stereocenters. The maximum absolute atomic E-state index is 12.6. The van der Waals surface area contributed by atoms with E-state index in [0.717, 1.165) is 37.8 Å². The van der Waals surface area contributed by atoms with Crippen LogP contribution in [-0.2, 0) is 14.6 Å². The predicted octanol–water partition coefficient (Wildman–Crippen LogP) is 2.23. The number of nitrogens with one attached hydrogen (secondary N) is 2. The number of ether oxygens (including phenoxy) is 1. The molecule has 6 nitrogen and oxygen atoms in total. The highest BCUT2D eigenvalue weighted by atomic mass is 32.2. The Bertz CT molecular complexity index is 677. The Morgan fingerprint density at radius 3 is 2.68 bits per heavy atom. The van der Waals surface area contributed by atoms with Crippen LogP contribution in [0, 0.1) is 0 Å². The Kier molecular flexibility index (Phi) is 4.10. The minimum atomic E-state index is -3.27. The second-order valence-corrected chi connectivity index (χ2v) is 7.96. The van der Waals surface area contributed by atoms with E-state index in [0.29, 0.717) is 10.6 Å². The highest BCUT2D eigenvalue weighted by Gasteiger charge is 2.39. The van der Waals surface area contributed by atoms with Gasteiger partial charge in [0.15, 0.2) is 9.84 Å². The van der Waals surface area contributed by atoms with E-state index in [1.807, 2.05) is 0 Å². The van der Waals surface area contributed by atoms with Gasteiger partial charge < -0.3 is 10.1 Å². The lowest BCUT2D eigenvalue weighted by Gasteiger charge is -2.17. The van der Waals surface area contributed by atoms with Crippen molar-refractivity contribution in [1.29, 1.82) is 0 Å². The molecular weight excluding hydrogens is 304 g/mol. The number of rotatable bonds is 4. The van der Waals surface area contributed by atoms with Crippen molar-refractivity contribution in [1.82, 2.24) is 5.32 Å². The van der Waals surface area contributed by atoms with Crippen LogP contribution in [0.15, 0.2) is 23.1 Å². The van der Waals surface area contributed by atoms with Crippen molar-refractivity contribution in [3.63, 3.8) is 0 Å². The summed E-state index contributed by atoms with van der Waals surface area (Å²) in [6, 6.07) is 4.98. The zero-order chi connectivity index (χ0) is 15.7. The van der Waals surface area contributed by atoms with Gasteiger partial charge in [0.05, 0.1) is 17.3 Å². The van der Waals surface area contributed by atoms with Crippen LogP contribution in [0.1, 0.15) is 37.3 Å². The molecule has 3 rings (SSSR count). The Balaban J connectivity index is 1.99. The molecule has 0 spiro atoms. The van der Waals surface area contributed by atoms with Gasteiger partial charge in [0.2, 0.25) is 0 Å². The number of carbonyl (C=O) groups excluding carboxylic acids is 1. The van der Waals surface area contributed by atoms with E-state index < -0.39 is 15.9 Å². The molecule has 1 heterocycles. The van der Waals surface area contributed by atoms with Crippen molar-refractivity contribution in [2.75, 3.05) is 19.0 Å². The molecule has 1 aromatic carbocycles. The molecule has 1 aromatic rings. The highest BCUT2D eigenvalue weighted by Crippen LogP contribution is 2.38.